The molecule has 2 unspecified atom stereocenters. The first-order chi connectivity index (χ1) is 10.2. The first-order valence-corrected chi connectivity index (χ1v) is 9.07. The van der Waals surface area contributed by atoms with E-state index < -0.39 is 0 Å². The standard InChI is InChI=1S/C17H21BrN2S/c1-13-11-20(12-16-7-8-17(18)21-16)15(10-19-13)9-14-5-3-2-4-6-14/h2-8,13,15,19H,9-12H2,1H3. The van der Waals surface area contributed by atoms with Crippen LogP contribution in [0.15, 0.2) is 46.3 Å². The second-order valence-corrected chi connectivity index (χ2v) is 8.34. The van der Waals surface area contributed by atoms with Crippen LogP contribution in [0, 0.1) is 0 Å². The van der Waals surface area contributed by atoms with Crippen LogP contribution in [0.4, 0.5) is 0 Å². The first kappa shape index (κ1) is 15.2. The van der Waals surface area contributed by atoms with Crippen molar-refractivity contribution in [1.29, 1.82) is 0 Å². The molecule has 2 atom stereocenters. The van der Waals surface area contributed by atoms with Crippen molar-refractivity contribution in [1.82, 2.24) is 10.2 Å². The number of hydrogen-bond acceptors (Lipinski definition) is 3. The maximum atomic E-state index is 3.63. The van der Waals surface area contributed by atoms with Crippen molar-refractivity contribution >= 4 is 27.3 Å². The highest BCUT2D eigenvalue weighted by molar-refractivity contribution is 9.11. The average molecular weight is 365 g/mol. The zero-order chi connectivity index (χ0) is 14.7. The molecule has 4 heteroatoms. The van der Waals surface area contributed by atoms with Gasteiger partial charge in [0.25, 0.3) is 0 Å². The second kappa shape index (κ2) is 7.05. The molecule has 3 rings (SSSR count). The molecule has 1 aliphatic heterocycles. The predicted molar refractivity (Wildman–Crippen MR) is 93.8 cm³/mol. The molecule has 1 aliphatic rings. The molecular formula is C17H21BrN2S. The summed E-state index contributed by atoms with van der Waals surface area (Å²) < 4.78 is 1.22. The Morgan fingerprint density at radius 3 is 2.76 bits per heavy atom. The van der Waals surface area contributed by atoms with Crippen molar-refractivity contribution in [2.45, 2.75) is 32.0 Å². The SMILES string of the molecule is CC1CN(Cc2ccc(Br)s2)C(Cc2ccccc2)CN1. The molecule has 1 N–H and O–H groups in total. The topological polar surface area (TPSA) is 15.3 Å². The minimum Gasteiger partial charge on any atom is -0.311 e. The zero-order valence-electron chi connectivity index (χ0n) is 12.3. The quantitative estimate of drug-likeness (QED) is 0.884. The number of rotatable bonds is 4. The van der Waals surface area contributed by atoms with Crippen molar-refractivity contribution in [3.05, 3.63) is 56.7 Å². The molecule has 1 saturated heterocycles. The number of thiophene rings is 1. The van der Waals surface area contributed by atoms with Crippen molar-refractivity contribution in [3.63, 3.8) is 0 Å². The number of nitrogens with one attached hydrogen (secondary N) is 1. The molecule has 0 amide bonds. The Bertz CT molecular complexity index is 569. The Morgan fingerprint density at radius 2 is 2.05 bits per heavy atom. The van der Waals surface area contributed by atoms with Gasteiger partial charge in [-0.25, -0.2) is 0 Å². The third-order valence-electron chi connectivity index (χ3n) is 4.03. The van der Waals surface area contributed by atoms with Gasteiger partial charge >= 0.3 is 0 Å². The van der Waals surface area contributed by atoms with Gasteiger partial charge in [0.2, 0.25) is 0 Å². The van der Waals surface area contributed by atoms with E-state index in [0.29, 0.717) is 12.1 Å². The lowest BCUT2D eigenvalue weighted by atomic mass is 10.0. The Hall–Kier alpha value is -0.680. The summed E-state index contributed by atoms with van der Waals surface area (Å²) in [6.07, 6.45) is 1.12. The second-order valence-electron chi connectivity index (χ2n) is 5.79. The van der Waals surface area contributed by atoms with Gasteiger partial charge in [0.1, 0.15) is 0 Å². The fraction of sp³-hybridized carbons (Fsp3) is 0.412. The fourth-order valence-corrected chi connectivity index (χ4v) is 4.46. The molecule has 0 bridgehead atoms. The van der Waals surface area contributed by atoms with Gasteiger partial charge in [-0.05, 0) is 47.0 Å². The van der Waals surface area contributed by atoms with Crippen molar-refractivity contribution in [2.24, 2.45) is 0 Å². The molecule has 1 fully saturated rings. The number of piperazine rings is 1. The highest BCUT2D eigenvalue weighted by Gasteiger charge is 2.26. The van der Waals surface area contributed by atoms with E-state index in [1.54, 1.807) is 0 Å². The van der Waals surface area contributed by atoms with Crippen LogP contribution in [-0.2, 0) is 13.0 Å². The largest absolute Gasteiger partial charge is 0.311 e. The first-order valence-electron chi connectivity index (χ1n) is 7.46. The van der Waals surface area contributed by atoms with Crippen molar-refractivity contribution in [3.8, 4) is 0 Å². The van der Waals surface area contributed by atoms with Crippen LogP contribution in [0.25, 0.3) is 0 Å². The summed E-state index contributed by atoms with van der Waals surface area (Å²) >= 11 is 5.41. The molecular weight excluding hydrogens is 344 g/mol. The molecule has 2 nitrogen and oxygen atoms in total. The van der Waals surface area contributed by atoms with Gasteiger partial charge in [-0.1, -0.05) is 30.3 Å². The normalized spacial score (nSPS) is 23.3. The summed E-state index contributed by atoms with van der Waals surface area (Å²) in [6, 6.07) is 16.4. The molecule has 1 aromatic carbocycles. The van der Waals surface area contributed by atoms with Gasteiger partial charge in [0.05, 0.1) is 3.79 Å². The summed E-state index contributed by atoms with van der Waals surface area (Å²) in [5.74, 6) is 0. The minimum absolute atomic E-state index is 0.570. The van der Waals surface area contributed by atoms with Gasteiger partial charge in [-0.15, -0.1) is 11.3 Å². The number of nitrogens with zero attached hydrogens (tertiary/aromatic N) is 1. The maximum Gasteiger partial charge on any atom is 0.0701 e. The van der Waals surface area contributed by atoms with E-state index in [-0.39, 0.29) is 0 Å². The average Bonchev–Trinajstić information content (AvgIpc) is 2.88. The monoisotopic (exact) mass is 364 g/mol. The summed E-state index contributed by atoms with van der Waals surface area (Å²) in [6.45, 7) is 5.52. The van der Waals surface area contributed by atoms with Gasteiger partial charge in [-0.2, -0.15) is 0 Å². The number of halogens is 1. The third-order valence-corrected chi connectivity index (χ3v) is 5.64. The molecule has 2 heterocycles. The van der Waals surface area contributed by atoms with Crippen LogP contribution < -0.4 is 5.32 Å². The van der Waals surface area contributed by atoms with Crippen LogP contribution >= 0.6 is 27.3 Å². The smallest absolute Gasteiger partial charge is 0.0701 e. The van der Waals surface area contributed by atoms with Crippen LogP contribution in [0.1, 0.15) is 17.4 Å². The van der Waals surface area contributed by atoms with Crippen LogP contribution in [0.3, 0.4) is 0 Å². The highest BCUT2D eigenvalue weighted by Crippen LogP contribution is 2.25. The van der Waals surface area contributed by atoms with Gasteiger partial charge in [-0.3, -0.25) is 4.90 Å². The minimum atomic E-state index is 0.570. The molecule has 2 aromatic rings. The van der Waals surface area contributed by atoms with E-state index in [0.717, 1.165) is 26.1 Å². The molecule has 0 spiro atoms. The van der Waals surface area contributed by atoms with Crippen LogP contribution in [-0.4, -0.2) is 30.1 Å². The molecule has 1 aromatic heterocycles. The molecule has 0 radical (unpaired) electrons. The molecule has 112 valence electrons. The van der Waals surface area contributed by atoms with Crippen molar-refractivity contribution in [2.75, 3.05) is 13.1 Å². The summed E-state index contributed by atoms with van der Waals surface area (Å²) in [5.41, 5.74) is 1.43. The Labute approximate surface area is 139 Å². The van der Waals surface area contributed by atoms with Gasteiger partial charge in [0.15, 0.2) is 0 Å². The number of benzene rings is 1. The Balaban J connectivity index is 1.70. The lowest BCUT2D eigenvalue weighted by Gasteiger charge is -2.39. The van der Waals surface area contributed by atoms with Gasteiger partial charge in [0, 0.05) is 36.6 Å². The van der Waals surface area contributed by atoms with E-state index in [9.17, 15) is 0 Å². The summed E-state index contributed by atoms with van der Waals surface area (Å²) in [7, 11) is 0. The van der Waals surface area contributed by atoms with E-state index in [1.807, 2.05) is 11.3 Å². The molecule has 0 aliphatic carbocycles. The van der Waals surface area contributed by atoms with E-state index >= 15 is 0 Å². The Morgan fingerprint density at radius 1 is 1.24 bits per heavy atom. The maximum absolute atomic E-state index is 3.63. The van der Waals surface area contributed by atoms with Crippen LogP contribution in [0.2, 0.25) is 0 Å². The number of hydrogen-bond donors (Lipinski definition) is 1. The molecule has 0 saturated carbocycles. The van der Waals surface area contributed by atoms with E-state index in [2.05, 4.69) is 75.5 Å². The van der Waals surface area contributed by atoms with Crippen molar-refractivity contribution < 1.29 is 0 Å². The van der Waals surface area contributed by atoms with Gasteiger partial charge < -0.3 is 5.32 Å². The predicted octanol–water partition coefficient (Wildman–Crippen LogP) is 3.92. The van der Waals surface area contributed by atoms with E-state index in [1.165, 1.54) is 14.2 Å². The summed E-state index contributed by atoms with van der Waals surface area (Å²) in [4.78, 5) is 4.07. The lowest BCUT2D eigenvalue weighted by molar-refractivity contribution is 0.128. The van der Waals surface area contributed by atoms with Crippen LogP contribution in [0.5, 0.6) is 0 Å². The Kier molecular flexibility index (Phi) is 5.11. The summed E-state index contributed by atoms with van der Waals surface area (Å²) in [5, 5.41) is 3.63. The fourth-order valence-electron chi connectivity index (χ4n) is 2.95. The third kappa shape index (κ3) is 4.16. The molecule has 21 heavy (non-hydrogen) atoms. The lowest BCUT2D eigenvalue weighted by Crippen LogP contribution is -2.55. The highest BCUT2D eigenvalue weighted by atomic mass is 79.9. The zero-order valence-corrected chi connectivity index (χ0v) is 14.7. The van der Waals surface area contributed by atoms with E-state index in [4.69, 9.17) is 0 Å².